The second-order valence-corrected chi connectivity index (χ2v) is 6.79. The highest BCUT2D eigenvalue weighted by Crippen LogP contribution is 2.39. The quantitative estimate of drug-likeness (QED) is 0.839. The molecule has 0 fully saturated rings. The Morgan fingerprint density at radius 1 is 1.44 bits per heavy atom. The molecule has 0 radical (unpaired) electrons. The first-order valence-corrected chi connectivity index (χ1v) is 7.80. The summed E-state index contributed by atoms with van der Waals surface area (Å²) in [6.45, 7) is 1.87. The number of nitrogens with one attached hydrogen (secondary N) is 1. The van der Waals surface area contributed by atoms with Gasteiger partial charge in [0.2, 0.25) is 0 Å². The molecule has 2 N–H and O–H groups in total. The van der Waals surface area contributed by atoms with Crippen molar-refractivity contribution in [3.8, 4) is 0 Å². The molecule has 0 saturated carbocycles. The number of halogens is 2. The smallest absolute Gasteiger partial charge is 0.142 e. The van der Waals surface area contributed by atoms with Crippen LogP contribution in [0, 0.1) is 0 Å². The molecule has 18 heavy (non-hydrogen) atoms. The number of rotatable bonds is 4. The zero-order valence-electron chi connectivity index (χ0n) is 10.4. The third-order valence-corrected chi connectivity index (χ3v) is 5.36. The molecule has 1 aromatic rings. The lowest BCUT2D eigenvalue weighted by Gasteiger charge is -2.36. The SMILES string of the molecule is CNC(C)C(O)(c1ccc2c(c1)CCS2)C(Cl)Cl. The maximum Gasteiger partial charge on any atom is 0.142 e. The van der Waals surface area contributed by atoms with Crippen LogP contribution in [0.4, 0.5) is 0 Å². The summed E-state index contributed by atoms with van der Waals surface area (Å²) in [6.07, 6.45) is 1.03. The minimum atomic E-state index is -1.28. The van der Waals surface area contributed by atoms with Gasteiger partial charge in [-0.3, -0.25) is 0 Å². The Kier molecular flexibility index (Phi) is 4.50. The van der Waals surface area contributed by atoms with E-state index in [0.29, 0.717) is 0 Å². The van der Waals surface area contributed by atoms with Crippen molar-refractivity contribution in [3.05, 3.63) is 29.3 Å². The van der Waals surface area contributed by atoms with Crippen LogP contribution in [0.3, 0.4) is 0 Å². The van der Waals surface area contributed by atoms with Gasteiger partial charge in [0.05, 0.1) is 0 Å². The van der Waals surface area contributed by atoms with Crippen LogP contribution >= 0.6 is 35.0 Å². The molecule has 100 valence electrons. The van der Waals surface area contributed by atoms with E-state index < -0.39 is 10.4 Å². The van der Waals surface area contributed by atoms with Gasteiger partial charge in [-0.1, -0.05) is 12.1 Å². The fourth-order valence-electron chi connectivity index (χ4n) is 2.22. The largest absolute Gasteiger partial charge is 0.381 e. The molecule has 2 unspecified atom stereocenters. The summed E-state index contributed by atoms with van der Waals surface area (Å²) in [5, 5.41) is 13.9. The van der Waals surface area contributed by atoms with Crippen LogP contribution in [0.25, 0.3) is 0 Å². The van der Waals surface area contributed by atoms with E-state index in [2.05, 4.69) is 5.32 Å². The first-order valence-electron chi connectivity index (χ1n) is 5.94. The van der Waals surface area contributed by atoms with Crippen molar-refractivity contribution >= 4 is 35.0 Å². The molecule has 0 aliphatic carbocycles. The van der Waals surface area contributed by atoms with Crippen molar-refractivity contribution in [1.82, 2.24) is 5.32 Å². The van der Waals surface area contributed by atoms with Gasteiger partial charge in [-0.15, -0.1) is 35.0 Å². The van der Waals surface area contributed by atoms with E-state index in [9.17, 15) is 5.11 Å². The van der Waals surface area contributed by atoms with Gasteiger partial charge >= 0.3 is 0 Å². The molecule has 0 bridgehead atoms. The second kappa shape index (κ2) is 5.59. The Bertz CT molecular complexity index is 441. The van der Waals surface area contributed by atoms with Gasteiger partial charge in [0, 0.05) is 16.7 Å². The molecule has 0 spiro atoms. The number of likely N-dealkylation sites (N-methyl/N-ethyl adjacent to an activating group) is 1. The van der Waals surface area contributed by atoms with E-state index in [0.717, 1.165) is 17.7 Å². The summed E-state index contributed by atoms with van der Waals surface area (Å²) in [4.78, 5) is 0.408. The zero-order valence-corrected chi connectivity index (χ0v) is 12.7. The molecule has 1 aliphatic heterocycles. The Morgan fingerprint density at radius 3 is 2.78 bits per heavy atom. The van der Waals surface area contributed by atoms with Gasteiger partial charge in [0.15, 0.2) is 0 Å². The lowest BCUT2D eigenvalue weighted by molar-refractivity contribution is 0.0182. The first-order chi connectivity index (χ1) is 8.50. The molecule has 1 aliphatic rings. The average Bonchev–Trinajstić information content (AvgIpc) is 2.83. The molecular formula is C13H17Cl2NOS. The molecule has 2 rings (SSSR count). The number of benzene rings is 1. The fraction of sp³-hybridized carbons (Fsp3) is 0.538. The van der Waals surface area contributed by atoms with E-state index >= 15 is 0 Å². The second-order valence-electron chi connectivity index (χ2n) is 4.56. The van der Waals surface area contributed by atoms with E-state index in [1.807, 2.05) is 36.9 Å². The van der Waals surface area contributed by atoms with Crippen LogP contribution in [0.15, 0.2) is 23.1 Å². The maximum absolute atomic E-state index is 10.8. The zero-order chi connectivity index (χ0) is 13.3. The highest BCUT2D eigenvalue weighted by Gasteiger charge is 2.41. The predicted molar refractivity (Wildman–Crippen MR) is 78.8 cm³/mol. The average molecular weight is 306 g/mol. The van der Waals surface area contributed by atoms with Crippen LogP contribution in [-0.2, 0) is 12.0 Å². The van der Waals surface area contributed by atoms with Crippen LogP contribution in [-0.4, -0.2) is 28.8 Å². The summed E-state index contributed by atoms with van der Waals surface area (Å²) >= 11 is 13.9. The normalized spacial score (nSPS) is 19.7. The summed E-state index contributed by atoms with van der Waals surface area (Å²) < 4.78 is 0. The Hall–Kier alpha value is 0.0700. The summed E-state index contributed by atoms with van der Waals surface area (Å²) in [6, 6.07) is 5.76. The lowest BCUT2D eigenvalue weighted by Crippen LogP contribution is -2.49. The number of hydrogen-bond acceptors (Lipinski definition) is 3. The van der Waals surface area contributed by atoms with Gasteiger partial charge in [-0.25, -0.2) is 0 Å². The molecule has 0 saturated heterocycles. The van der Waals surface area contributed by atoms with Crippen molar-refractivity contribution in [2.24, 2.45) is 0 Å². The molecule has 1 aromatic carbocycles. The highest BCUT2D eigenvalue weighted by molar-refractivity contribution is 7.99. The highest BCUT2D eigenvalue weighted by atomic mass is 35.5. The first kappa shape index (κ1) is 14.5. The van der Waals surface area contributed by atoms with E-state index in [1.54, 1.807) is 7.05 Å². The van der Waals surface area contributed by atoms with Crippen LogP contribution in [0.5, 0.6) is 0 Å². The summed E-state index contributed by atoms with van der Waals surface area (Å²) in [5.74, 6) is 1.10. The van der Waals surface area contributed by atoms with E-state index in [1.165, 1.54) is 10.5 Å². The number of alkyl halides is 2. The van der Waals surface area contributed by atoms with Crippen molar-refractivity contribution in [2.75, 3.05) is 12.8 Å². The Morgan fingerprint density at radius 2 is 2.17 bits per heavy atom. The minimum absolute atomic E-state index is 0.232. The van der Waals surface area contributed by atoms with Crippen LogP contribution < -0.4 is 5.32 Å². The van der Waals surface area contributed by atoms with Crippen molar-refractivity contribution < 1.29 is 5.11 Å². The van der Waals surface area contributed by atoms with Gasteiger partial charge < -0.3 is 10.4 Å². The molecule has 1 heterocycles. The molecule has 0 aromatic heterocycles. The van der Waals surface area contributed by atoms with E-state index in [4.69, 9.17) is 23.2 Å². The predicted octanol–water partition coefficient (Wildman–Crippen LogP) is 2.93. The van der Waals surface area contributed by atoms with Gasteiger partial charge in [0.1, 0.15) is 10.4 Å². The van der Waals surface area contributed by atoms with Gasteiger partial charge in [-0.05, 0) is 37.6 Å². The minimum Gasteiger partial charge on any atom is -0.381 e. The summed E-state index contributed by atoms with van der Waals surface area (Å²) in [7, 11) is 1.79. The summed E-state index contributed by atoms with van der Waals surface area (Å²) in [5.41, 5.74) is 0.772. The van der Waals surface area contributed by atoms with Crippen molar-refractivity contribution in [2.45, 2.75) is 34.7 Å². The number of aliphatic hydroxyl groups is 1. The van der Waals surface area contributed by atoms with Gasteiger partial charge in [-0.2, -0.15) is 0 Å². The van der Waals surface area contributed by atoms with Crippen LogP contribution in [0.1, 0.15) is 18.1 Å². The Labute approximate surface area is 122 Å². The number of fused-ring (bicyclic) bond motifs is 1. The van der Waals surface area contributed by atoms with Gasteiger partial charge in [0.25, 0.3) is 0 Å². The molecule has 5 heteroatoms. The Balaban J connectivity index is 2.43. The number of aryl methyl sites for hydroxylation is 1. The molecular weight excluding hydrogens is 289 g/mol. The third-order valence-electron chi connectivity index (χ3n) is 3.58. The number of thioether (sulfide) groups is 1. The van der Waals surface area contributed by atoms with E-state index in [-0.39, 0.29) is 6.04 Å². The third kappa shape index (κ3) is 2.39. The van der Waals surface area contributed by atoms with Crippen LogP contribution in [0.2, 0.25) is 0 Å². The standard InChI is InChI=1S/C13H17Cl2NOS/c1-8(16-2)13(17,12(14)15)10-3-4-11-9(7-10)5-6-18-11/h3-4,7-8,12,16-17H,5-6H2,1-2H3. The topological polar surface area (TPSA) is 32.3 Å². The molecule has 2 nitrogen and oxygen atoms in total. The number of hydrogen-bond donors (Lipinski definition) is 2. The van der Waals surface area contributed by atoms with Crippen molar-refractivity contribution in [1.29, 1.82) is 0 Å². The molecule has 2 atom stereocenters. The monoisotopic (exact) mass is 305 g/mol. The van der Waals surface area contributed by atoms with Crippen molar-refractivity contribution in [3.63, 3.8) is 0 Å². The lowest BCUT2D eigenvalue weighted by atomic mass is 9.87. The fourth-order valence-corrected chi connectivity index (χ4v) is 3.90. The molecule has 0 amide bonds. The maximum atomic E-state index is 10.8.